The van der Waals surface area contributed by atoms with E-state index in [4.69, 9.17) is 9.57 Å². The minimum absolute atomic E-state index is 0.361. The Bertz CT molecular complexity index is 145. The largest absolute Gasteiger partial charge is 0.395 e. The van der Waals surface area contributed by atoms with E-state index in [0.29, 0.717) is 12.6 Å². The summed E-state index contributed by atoms with van der Waals surface area (Å²) in [6, 6.07) is 0.361. The molecule has 4 heteroatoms. The zero-order valence-electron chi connectivity index (χ0n) is 8.96. The molecule has 0 fully saturated rings. The minimum Gasteiger partial charge on any atom is -0.395 e. The van der Waals surface area contributed by atoms with E-state index < -0.39 is 0 Å². The Hall–Kier alpha value is -0.610. The fourth-order valence-electron chi connectivity index (χ4n) is 0.835. The molecular weight excluding hydrogens is 168 g/mol. The van der Waals surface area contributed by atoms with Gasteiger partial charge in [0.25, 0.3) is 0 Å². The van der Waals surface area contributed by atoms with Gasteiger partial charge < -0.3 is 14.9 Å². The lowest BCUT2D eigenvalue weighted by atomic mass is 10.3. The maximum atomic E-state index is 5.01. The highest BCUT2D eigenvalue weighted by Crippen LogP contribution is 1.83. The normalized spacial score (nSPS) is 12.3. The van der Waals surface area contributed by atoms with Gasteiger partial charge in [-0.05, 0) is 20.8 Å². The Morgan fingerprint density at radius 3 is 2.69 bits per heavy atom. The van der Waals surface area contributed by atoms with Gasteiger partial charge in [-0.25, -0.2) is 0 Å². The monoisotopic (exact) mass is 188 g/mol. The van der Waals surface area contributed by atoms with Crippen molar-refractivity contribution in [2.75, 3.05) is 26.9 Å². The molecule has 0 aromatic rings. The second-order valence-electron chi connectivity index (χ2n) is 3.18. The molecule has 78 valence electrons. The maximum absolute atomic E-state index is 5.01. The number of oxime groups is 1. The lowest BCUT2D eigenvalue weighted by Crippen LogP contribution is -2.32. The van der Waals surface area contributed by atoms with Crippen LogP contribution >= 0.6 is 0 Å². The predicted molar refractivity (Wildman–Crippen MR) is 54.1 cm³/mol. The van der Waals surface area contributed by atoms with Crippen molar-refractivity contribution in [1.29, 1.82) is 0 Å². The average molecular weight is 188 g/mol. The molecule has 1 atom stereocenters. The van der Waals surface area contributed by atoms with E-state index in [9.17, 15) is 0 Å². The summed E-state index contributed by atoms with van der Waals surface area (Å²) >= 11 is 0. The molecule has 1 N–H and O–H groups in total. The summed E-state index contributed by atoms with van der Waals surface area (Å²) in [7, 11) is 1.69. The quantitative estimate of drug-likeness (QED) is 0.368. The zero-order chi connectivity index (χ0) is 10.1. The first kappa shape index (κ1) is 12.4. The molecule has 0 rings (SSSR count). The van der Waals surface area contributed by atoms with E-state index in [-0.39, 0.29) is 0 Å². The average Bonchev–Trinajstić information content (AvgIpc) is 2.03. The molecule has 0 spiro atoms. The number of nitrogens with one attached hydrogen (secondary N) is 1. The van der Waals surface area contributed by atoms with Gasteiger partial charge in [-0.2, -0.15) is 0 Å². The van der Waals surface area contributed by atoms with E-state index in [1.165, 1.54) is 0 Å². The van der Waals surface area contributed by atoms with Crippen molar-refractivity contribution in [2.24, 2.45) is 5.16 Å². The van der Waals surface area contributed by atoms with Crippen LogP contribution in [0.3, 0.4) is 0 Å². The van der Waals surface area contributed by atoms with Gasteiger partial charge in [0, 0.05) is 19.7 Å². The Morgan fingerprint density at radius 2 is 2.15 bits per heavy atom. The van der Waals surface area contributed by atoms with Gasteiger partial charge in [-0.15, -0.1) is 0 Å². The summed E-state index contributed by atoms with van der Waals surface area (Å²) in [5.41, 5.74) is 0.935. The van der Waals surface area contributed by atoms with Gasteiger partial charge in [0.2, 0.25) is 0 Å². The van der Waals surface area contributed by atoms with Crippen LogP contribution in [0.15, 0.2) is 5.16 Å². The van der Waals surface area contributed by atoms with Crippen LogP contribution in [0.5, 0.6) is 0 Å². The van der Waals surface area contributed by atoms with Crippen molar-refractivity contribution in [1.82, 2.24) is 5.32 Å². The van der Waals surface area contributed by atoms with Crippen LogP contribution in [0.1, 0.15) is 20.8 Å². The number of rotatable bonds is 7. The SMILES string of the molecule is COCC(C)NCCON=C(C)C. The Kier molecular flexibility index (Phi) is 7.63. The smallest absolute Gasteiger partial charge is 0.129 e. The molecule has 0 aliphatic rings. The van der Waals surface area contributed by atoms with Crippen molar-refractivity contribution in [3.05, 3.63) is 0 Å². The van der Waals surface area contributed by atoms with Crippen LogP contribution in [0.25, 0.3) is 0 Å². The molecule has 0 saturated carbocycles. The Labute approximate surface area is 80.3 Å². The second kappa shape index (κ2) is 8.01. The van der Waals surface area contributed by atoms with Gasteiger partial charge in [-0.1, -0.05) is 5.16 Å². The molecule has 0 amide bonds. The highest BCUT2D eigenvalue weighted by Gasteiger charge is 1.98. The van der Waals surface area contributed by atoms with Crippen LogP contribution in [0.2, 0.25) is 0 Å². The maximum Gasteiger partial charge on any atom is 0.129 e. The number of nitrogens with zero attached hydrogens (tertiary/aromatic N) is 1. The lowest BCUT2D eigenvalue weighted by Gasteiger charge is -2.11. The molecule has 0 radical (unpaired) electrons. The standard InChI is InChI=1S/C9H20N2O2/c1-8(2)11-13-6-5-10-9(3)7-12-4/h9-10H,5-7H2,1-4H3. The summed E-state index contributed by atoms with van der Waals surface area (Å²) < 4.78 is 4.97. The van der Waals surface area contributed by atoms with Gasteiger partial charge >= 0.3 is 0 Å². The molecule has 0 heterocycles. The van der Waals surface area contributed by atoms with Crippen molar-refractivity contribution >= 4 is 5.71 Å². The van der Waals surface area contributed by atoms with Crippen molar-refractivity contribution in [3.63, 3.8) is 0 Å². The first-order valence-electron chi connectivity index (χ1n) is 4.52. The summed E-state index contributed by atoms with van der Waals surface area (Å²) in [5.74, 6) is 0. The predicted octanol–water partition coefficient (Wildman–Crippen LogP) is 1.02. The molecule has 0 saturated heterocycles. The fourth-order valence-corrected chi connectivity index (χ4v) is 0.835. The third kappa shape index (κ3) is 9.30. The summed E-state index contributed by atoms with van der Waals surface area (Å²) in [6.45, 7) is 7.98. The fraction of sp³-hybridized carbons (Fsp3) is 0.889. The molecule has 1 unspecified atom stereocenters. The summed E-state index contributed by atoms with van der Waals surface area (Å²) in [5, 5.41) is 7.05. The number of hydrogen-bond donors (Lipinski definition) is 1. The third-order valence-corrected chi connectivity index (χ3v) is 1.35. The van der Waals surface area contributed by atoms with Crippen molar-refractivity contribution < 1.29 is 9.57 Å². The second-order valence-corrected chi connectivity index (χ2v) is 3.18. The molecule has 0 aromatic carbocycles. The van der Waals surface area contributed by atoms with Crippen LogP contribution in [0.4, 0.5) is 0 Å². The Morgan fingerprint density at radius 1 is 1.46 bits per heavy atom. The lowest BCUT2D eigenvalue weighted by molar-refractivity contribution is 0.132. The van der Waals surface area contributed by atoms with E-state index in [1.54, 1.807) is 7.11 Å². The van der Waals surface area contributed by atoms with Gasteiger partial charge in [0.15, 0.2) is 0 Å². The molecule has 0 aliphatic heterocycles. The summed E-state index contributed by atoms with van der Waals surface area (Å²) in [6.07, 6.45) is 0. The van der Waals surface area contributed by atoms with Gasteiger partial charge in [0.1, 0.15) is 6.61 Å². The summed E-state index contributed by atoms with van der Waals surface area (Å²) in [4.78, 5) is 5.01. The molecule has 0 aliphatic carbocycles. The highest BCUT2D eigenvalue weighted by atomic mass is 16.6. The first-order chi connectivity index (χ1) is 6.16. The van der Waals surface area contributed by atoms with E-state index in [2.05, 4.69) is 17.4 Å². The minimum atomic E-state index is 0.361. The molecule has 0 aromatic heterocycles. The van der Waals surface area contributed by atoms with Crippen LogP contribution < -0.4 is 5.32 Å². The van der Waals surface area contributed by atoms with Crippen molar-refractivity contribution in [3.8, 4) is 0 Å². The highest BCUT2D eigenvalue weighted by molar-refractivity contribution is 5.78. The van der Waals surface area contributed by atoms with Crippen LogP contribution in [0, 0.1) is 0 Å². The zero-order valence-corrected chi connectivity index (χ0v) is 8.96. The Balaban J connectivity index is 3.20. The molecule has 0 bridgehead atoms. The van der Waals surface area contributed by atoms with E-state index >= 15 is 0 Å². The van der Waals surface area contributed by atoms with Crippen LogP contribution in [-0.4, -0.2) is 38.6 Å². The van der Waals surface area contributed by atoms with Crippen molar-refractivity contribution in [2.45, 2.75) is 26.8 Å². The number of ether oxygens (including phenoxy) is 1. The van der Waals surface area contributed by atoms with Gasteiger partial charge in [-0.3, -0.25) is 0 Å². The molecule has 4 nitrogen and oxygen atoms in total. The van der Waals surface area contributed by atoms with Gasteiger partial charge in [0.05, 0.1) is 12.3 Å². The first-order valence-corrected chi connectivity index (χ1v) is 4.52. The molecule has 13 heavy (non-hydrogen) atoms. The van der Waals surface area contributed by atoms with Crippen LogP contribution in [-0.2, 0) is 9.57 Å². The number of hydrogen-bond acceptors (Lipinski definition) is 4. The van der Waals surface area contributed by atoms with E-state index in [0.717, 1.165) is 18.9 Å². The topological polar surface area (TPSA) is 42.8 Å². The molecular formula is C9H20N2O2. The van der Waals surface area contributed by atoms with E-state index in [1.807, 2.05) is 13.8 Å². The third-order valence-electron chi connectivity index (χ3n) is 1.35. The number of methoxy groups -OCH3 is 1.